The largest absolute Gasteiger partial charge is 0.659 e. The third kappa shape index (κ3) is 2.80. The van der Waals surface area contributed by atoms with Crippen LogP contribution in [0.25, 0.3) is 5.32 Å². The summed E-state index contributed by atoms with van der Waals surface area (Å²) in [5.74, 6) is 0.775. The molecule has 1 fully saturated rings. The molecule has 1 atom stereocenters. The van der Waals surface area contributed by atoms with Gasteiger partial charge in [-0.1, -0.05) is 32.6 Å². The normalized spacial score (nSPS) is 26.3. The summed E-state index contributed by atoms with van der Waals surface area (Å²) in [7, 11) is 0. The van der Waals surface area contributed by atoms with E-state index in [2.05, 4.69) is 19.2 Å². The summed E-state index contributed by atoms with van der Waals surface area (Å²) in [6.45, 7) is 5.61. The van der Waals surface area contributed by atoms with Gasteiger partial charge in [0.2, 0.25) is 0 Å². The van der Waals surface area contributed by atoms with Gasteiger partial charge in [0.15, 0.2) is 0 Å². The van der Waals surface area contributed by atoms with Gasteiger partial charge < -0.3 is 5.32 Å². The maximum Gasteiger partial charge on any atom is 0 e. The predicted octanol–water partition coefficient (Wildman–Crippen LogP) is 2.18. The molecule has 0 amide bonds. The van der Waals surface area contributed by atoms with Gasteiger partial charge in [-0.2, -0.15) is 0 Å². The van der Waals surface area contributed by atoms with Crippen molar-refractivity contribution in [1.29, 1.82) is 0 Å². The van der Waals surface area contributed by atoms with Crippen molar-refractivity contribution in [3.05, 3.63) is 5.32 Å². The Kier molecular flexibility index (Phi) is 4.75. The first-order chi connectivity index (χ1) is 3.80. The van der Waals surface area contributed by atoms with Crippen LogP contribution in [-0.4, -0.2) is 12.6 Å². The van der Waals surface area contributed by atoms with Crippen LogP contribution in [0.15, 0.2) is 0 Å². The van der Waals surface area contributed by atoms with Crippen molar-refractivity contribution >= 4 is 0 Å². The molecule has 2 heteroatoms. The molecular formula is C7H14NRe-. The molecule has 0 N–H and O–H groups in total. The van der Waals surface area contributed by atoms with Crippen LogP contribution in [0, 0.1) is 5.92 Å². The van der Waals surface area contributed by atoms with E-state index in [1.807, 2.05) is 0 Å². The number of hydrogen-bond acceptors (Lipinski definition) is 0. The van der Waals surface area contributed by atoms with Crippen LogP contribution in [0.2, 0.25) is 0 Å². The molecule has 0 spiro atoms. The second kappa shape index (κ2) is 4.44. The molecule has 0 aromatic carbocycles. The van der Waals surface area contributed by atoms with Gasteiger partial charge in [0.25, 0.3) is 0 Å². The molecule has 0 aromatic heterocycles. The van der Waals surface area contributed by atoms with Crippen molar-refractivity contribution < 1.29 is 20.4 Å². The van der Waals surface area contributed by atoms with Crippen molar-refractivity contribution in [2.45, 2.75) is 32.7 Å². The first kappa shape index (κ1) is 9.62. The monoisotopic (exact) mass is 299 g/mol. The second-order valence-corrected chi connectivity index (χ2v) is 2.86. The molecule has 9 heavy (non-hydrogen) atoms. The Bertz CT molecular complexity index is 67.3. The van der Waals surface area contributed by atoms with Crippen molar-refractivity contribution in [3.63, 3.8) is 0 Å². The quantitative estimate of drug-likeness (QED) is 0.704. The average molecular weight is 298 g/mol. The minimum absolute atomic E-state index is 0. The Balaban J connectivity index is 0.000000640. The zero-order valence-corrected chi connectivity index (χ0v) is 8.82. The third-order valence-electron chi connectivity index (χ3n) is 1.79. The number of nitrogens with zero attached hydrogens (tertiary/aromatic N) is 1. The van der Waals surface area contributed by atoms with E-state index in [-0.39, 0.29) is 20.4 Å². The summed E-state index contributed by atoms with van der Waals surface area (Å²) in [4.78, 5) is 0. The molecule has 55 valence electrons. The second-order valence-electron chi connectivity index (χ2n) is 2.86. The molecule has 0 aliphatic carbocycles. The molecule has 1 aliphatic heterocycles. The van der Waals surface area contributed by atoms with Crippen molar-refractivity contribution in [3.8, 4) is 0 Å². The van der Waals surface area contributed by atoms with Gasteiger partial charge in [-0.3, -0.25) is 0 Å². The molecule has 1 saturated heterocycles. The molecule has 0 aromatic rings. The van der Waals surface area contributed by atoms with E-state index in [4.69, 9.17) is 0 Å². The smallest absolute Gasteiger partial charge is 0 e. The van der Waals surface area contributed by atoms with Gasteiger partial charge in [0.05, 0.1) is 0 Å². The van der Waals surface area contributed by atoms with Crippen LogP contribution in [0.4, 0.5) is 0 Å². The molecule has 1 rings (SSSR count). The maximum absolute atomic E-state index is 4.44. The van der Waals surface area contributed by atoms with Gasteiger partial charge in [-0.15, -0.1) is 12.6 Å². The summed E-state index contributed by atoms with van der Waals surface area (Å²) in [5.41, 5.74) is 0. The molecule has 0 saturated carbocycles. The van der Waals surface area contributed by atoms with E-state index in [1.165, 1.54) is 12.8 Å². The molecule has 1 nitrogen and oxygen atoms in total. The van der Waals surface area contributed by atoms with E-state index >= 15 is 0 Å². The van der Waals surface area contributed by atoms with Crippen LogP contribution in [0.3, 0.4) is 0 Å². The Hall–Kier alpha value is 0.622. The summed E-state index contributed by atoms with van der Waals surface area (Å²) in [6, 6.07) is 0.690. The Morgan fingerprint density at radius 1 is 1.44 bits per heavy atom. The van der Waals surface area contributed by atoms with Gasteiger partial charge in [0, 0.05) is 20.4 Å². The zero-order valence-electron chi connectivity index (χ0n) is 6.10. The molecular weight excluding hydrogens is 284 g/mol. The van der Waals surface area contributed by atoms with Crippen LogP contribution in [0.1, 0.15) is 26.7 Å². The zero-order chi connectivity index (χ0) is 5.98. The fraction of sp³-hybridized carbons (Fsp3) is 1.00. The minimum atomic E-state index is 0. The van der Waals surface area contributed by atoms with Crippen LogP contribution in [-0.2, 0) is 20.4 Å². The summed E-state index contributed by atoms with van der Waals surface area (Å²) >= 11 is 0. The van der Waals surface area contributed by atoms with E-state index in [0.29, 0.717) is 6.04 Å². The Labute approximate surface area is 71.3 Å². The first-order valence-corrected chi connectivity index (χ1v) is 3.47. The summed E-state index contributed by atoms with van der Waals surface area (Å²) < 4.78 is 0. The minimum Gasteiger partial charge on any atom is -0.659 e. The van der Waals surface area contributed by atoms with Gasteiger partial charge >= 0.3 is 0 Å². The van der Waals surface area contributed by atoms with Crippen LogP contribution < -0.4 is 0 Å². The third-order valence-corrected chi connectivity index (χ3v) is 1.79. The van der Waals surface area contributed by atoms with Crippen molar-refractivity contribution in [2.75, 3.05) is 6.54 Å². The molecule has 1 radical (unpaired) electrons. The van der Waals surface area contributed by atoms with Gasteiger partial charge in [-0.05, 0) is 0 Å². The van der Waals surface area contributed by atoms with Crippen molar-refractivity contribution in [1.82, 2.24) is 0 Å². The fourth-order valence-corrected chi connectivity index (χ4v) is 1.19. The Morgan fingerprint density at radius 3 is 2.33 bits per heavy atom. The van der Waals surface area contributed by atoms with E-state index in [9.17, 15) is 0 Å². The van der Waals surface area contributed by atoms with E-state index in [0.717, 1.165) is 12.5 Å². The van der Waals surface area contributed by atoms with Crippen LogP contribution in [0.5, 0.6) is 0 Å². The SMILES string of the molecule is CC(C)C1CCC[N-]1.[Re]. The fourth-order valence-electron chi connectivity index (χ4n) is 1.19. The van der Waals surface area contributed by atoms with E-state index in [1.54, 1.807) is 0 Å². The van der Waals surface area contributed by atoms with Gasteiger partial charge in [-0.25, -0.2) is 0 Å². The molecule has 1 unspecified atom stereocenters. The summed E-state index contributed by atoms with van der Waals surface area (Å²) in [6.07, 6.45) is 2.65. The topological polar surface area (TPSA) is 14.1 Å². The van der Waals surface area contributed by atoms with E-state index < -0.39 is 0 Å². The van der Waals surface area contributed by atoms with Gasteiger partial charge in [0.1, 0.15) is 0 Å². The Morgan fingerprint density at radius 2 is 2.11 bits per heavy atom. The number of hydrogen-bond donors (Lipinski definition) is 0. The number of rotatable bonds is 1. The first-order valence-electron chi connectivity index (χ1n) is 3.47. The predicted molar refractivity (Wildman–Crippen MR) is 36.1 cm³/mol. The van der Waals surface area contributed by atoms with Crippen molar-refractivity contribution in [2.24, 2.45) is 5.92 Å². The average Bonchev–Trinajstić information content (AvgIpc) is 2.12. The molecule has 0 bridgehead atoms. The van der Waals surface area contributed by atoms with Crippen LogP contribution >= 0.6 is 0 Å². The molecule has 1 heterocycles. The molecule has 1 aliphatic rings. The standard InChI is InChI=1S/C7H14N.Re/c1-6(2)7-4-3-5-8-7;/h6-7H,3-5H2,1-2H3;/q-1;. The summed E-state index contributed by atoms with van der Waals surface area (Å²) in [5, 5.41) is 4.44. The maximum atomic E-state index is 4.44.